The largest absolute Gasteiger partial charge is 0.481 e. The summed E-state index contributed by atoms with van der Waals surface area (Å²) in [7, 11) is 0. The van der Waals surface area contributed by atoms with Gasteiger partial charge in [0.2, 0.25) is 17.6 Å². The first-order chi connectivity index (χ1) is 24.3. The highest BCUT2D eigenvalue weighted by molar-refractivity contribution is 5.76. The number of carbonyl (C=O) groups is 1. The number of aryl methyl sites for hydroxylation is 3. The van der Waals surface area contributed by atoms with E-state index in [4.69, 9.17) is 19.4 Å². The molecule has 13 heteroatoms. The quantitative estimate of drug-likeness (QED) is 0.188. The van der Waals surface area contributed by atoms with Gasteiger partial charge in [-0.1, -0.05) is 6.42 Å². The van der Waals surface area contributed by atoms with Gasteiger partial charge in [-0.3, -0.25) is 24.0 Å². The van der Waals surface area contributed by atoms with Crippen LogP contribution in [0.4, 0.5) is 8.78 Å². The Morgan fingerprint density at radius 2 is 1.84 bits per heavy atom. The van der Waals surface area contributed by atoms with Crippen molar-refractivity contribution in [3.63, 3.8) is 0 Å². The van der Waals surface area contributed by atoms with E-state index in [0.717, 1.165) is 61.3 Å². The van der Waals surface area contributed by atoms with Gasteiger partial charge in [-0.15, -0.1) is 10.2 Å². The summed E-state index contributed by atoms with van der Waals surface area (Å²) in [4.78, 5) is 27.3. The van der Waals surface area contributed by atoms with E-state index >= 15 is 0 Å². The molecule has 1 atom stereocenters. The lowest BCUT2D eigenvalue weighted by molar-refractivity contribution is -0.147. The van der Waals surface area contributed by atoms with Crippen LogP contribution in [0.5, 0.6) is 11.8 Å². The van der Waals surface area contributed by atoms with Gasteiger partial charge in [0.15, 0.2) is 5.65 Å². The molecule has 0 aromatic carbocycles. The van der Waals surface area contributed by atoms with Crippen LogP contribution in [-0.2, 0) is 17.9 Å². The Bertz CT molecular complexity index is 1940. The third-order valence-electron chi connectivity index (χ3n) is 10.9. The summed E-state index contributed by atoms with van der Waals surface area (Å²) < 4.78 is 41.3. The molecule has 2 aliphatic heterocycles. The van der Waals surface area contributed by atoms with Crippen LogP contribution in [0.1, 0.15) is 103 Å². The number of aliphatic carboxylic acids is 1. The van der Waals surface area contributed by atoms with Crippen LogP contribution >= 0.6 is 0 Å². The minimum atomic E-state index is -2.80. The van der Waals surface area contributed by atoms with Crippen molar-refractivity contribution in [2.24, 2.45) is 5.41 Å². The number of likely N-dealkylation sites (tertiary alicyclic amines) is 1. The van der Waals surface area contributed by atoms with Gasteiger partial charge in [0.25, 0.3) is 6.43 Å². The Morgan fingerprint density at radius 3 is 2.55 bits per heavy atom. The SMILES string of the molecule is Cc1cnc([C@@H](c2ccn3c(C(F)F)nnc3c2C)C(C)(C)C(=O)O)cc1CN1Cc2cc(C)c(OCCN3CCCCC3)nc2OC2(CC2)C1. The number of hydrogen-bond donors (Lipinski definition) is 1. The lowest BCUT2D eigenvalue weighted by Gasteiger charge is -2.32. The lowest BCUT2D eigenvalue weighted by Crippen LogP contribution is -2.35. The molecule has 4 aromatic rings. The summed E-state index contributed by atoms with van der Waals surface area (Å²) in [5, 5.41) is 18.2. The van der Waals surface area contributed by atoms with E-state index in [-0.39, 0.29) is 11.2 Å². The minimum absolute atomic E-state index is 0.263. The molecule has 1 saturated carbocycles. The van der Waals surface area contributed by atoms with Crippen molar-refractivity contribution in [2.45, 2.75) is 97.8 Å². The summed E-state index contributed by atoms with van der Waals surface area (Å²) in [6, 6.07) is 5.82. The molecule has 0 amide bonds. The molecule has 4 aromatic heterocycles. The number of piperidine rings is 1. The van der Waals surface area contributed by atoms with Crippen molar-refractivity contribution < 1.29 is 28.2 Å². The van der Waals surface area contributed by atoms with Crippen LogP contribution in [0, 0.1) is 26.2 Å². The molecule has 0 bridgehead atoms. The number of carboxylic acids is 1. The van der Waals surface area contributed by atoms with Gasteiger partial charge < -0.3 is 14.6 Å². The molecule has 272 valence electrons. The van der Waals surface area contributed by atoms with Gasteiger partial charge >= 0.3 is 5.97 Å². The number of pyridine rings is 3. The zero-order valence-corrected chi connectivity index (χ0v) is 30.1. The number of hydrogen-bond acceptors (Lipinski definition) is 9. The zero-order valence-electron chi connectivity index (χ0n) is 30.1. The predicted octanol–water partition coefficient (Wildman–Crippen LogP) is 6.42. The topological polar surface area (TPSA) is 118 Å². The van der Waals surface area contributed by atoms with Crippen LogP contribution in [0.2, 0.25) is 0 Å². The molecule has 1 spiro atoms. The monoisotopic (exact) mass is 703 g/mol. The van der Waals surface area contributed by atoms with Gasteiger partial charge in [-0.2, -0.15) is 4.98 Å². The second-order valence-electron chi connectivity index (χ2n) is 15.2. The second-order valence-corrected chi connectivity index (χ2v) is 15.2. The summed E-state index contributed by atoms with van der Waals surface area (Å²) in [6.45, 7) is 14.8. The fourth-order valence-electron chi connectivity index (χ4n) is 7.66. The molecule has 11 nitrogen and oxygen atoms in total. The first kappa shape index (κ1) is 35.2. The molecule has 1 saturated heterocycles. The van der Waals surface area contributed by atoms with Crippen LogP contribution in [0.25, 0.3) is 5.65 Å². The predicted molar refractivity (Wildman–Crippen MR) is 186 cm³/mol. The molecule has 0 radical (unpaired) electrons. The number of carboxylic acid groups (broad SMARTS) is 1. The van der Waals surface area contributed by atoms with Gasteiger partial charge in [0.1, 0.15) is 12.2 Å². The standard InChI is InChI=1S/C38H47F2N7O4/c1-23-17-27-21-46(22-38(10-11-38)51-35(27)42-34(23)50-16-15-45-12-7-6-8-13-45)20-26-18-29(41-19-24(26)2)30(37(4,5)36(48)49)28-9-14-47-32(25(28)3)43-44-33(47)31(39)40/h9,14,17-19,30-31H,6-8,10-13,15-16,20-22H2,1-5H3,(H,48,49)/t30-/m1/s1. The smallest absolute Gasteiger partial charge is 0.310 e. The van der Waals surface area contributed by atoms with Gasteiger partial charge in [-0.25, -0.2) is 8.78 Å². The van der Waals surface area contributed by atoms with Crippen LogP contribution in [0.3, 0.4) is 0 Å². The molecule has 7 rings (SSSR count). The van der Waals surface area contributed by atoms with Gasteiger partial charge in [-0.05, 0) is 114 Å². The first-order valence-electron chi connectivity index (χ1n) is 17.9. The third-order valence-corrected chi connectivity index (χ3v) is 10.9. The van der Waals surface area contributed by atoms with Crippen LogP contribution in [-0.4, -0.2) is 83.8 Å². The number of ether oxygens (including phenoxy) is 2. The highest BCUT2D eigenvalue weighted by Gasteiger charge is 2.49. The van der Waals surface area contributed by atoms with E-state index in [9.17, 15) is 18.7 Å². The molecule has 1 aliphatic carbocycles. The maximum atomic E-state index is 13.6. The Labute approximate surface area is 297 Å². The Kier molecular flexibility index (Phi) is 9.47. The number of alkyl halides is 2. The van der Waals surface area contributed by atoms with Crippen molar-refractivity contribution in [1.29, 1.82) is 0 Å². The van der Waals surface area contributed by atoms with Crippen molar-refractivity contribution >= 4 is 11.6 Å². The van der Waals surface area contributed by atoms with Crippen molar-refractivity contribution in [1.82, 2.24) is 34.4 Å². The molecule has 51 heavy (non-hydrogen) atoms. The molecular weight excluding hydrogens is 656 g/mol. The van der Waals surface area contributed by atoms with Gasteiger partial charge in [0, 0.05) is 61.3 Å². The Balaban J connectivity index is 1.17. The Hall–Kier alpha value is -4.23. The maximum Gasteiger partial charge on any atom is 0.310 e. The molecule has 3 aliphatic rings. The molecule has 6 heterocycles. The molecule has 0 unspecified atom stereocenters. The Morgan fingerprint density at radius 1 is 1.08 bits per heavy atom. The average Bonchev–Trinajstić information content (AvgIpc) is 3.72. The minimum Gasteiger partial charge on any atom is -0.481 e. The van der Waals surface area contributed by atoms with E-state index in [2.05, 4.69) is 26.1 Å². The van der Waals surface area contributed by atoms with Crippen molar-refractivity contribution in [3.05, 3.63) is 75.5 Å². The normalized spacial score (nSPS) is 18.4. The summed E-state index contributed by atoms with van der Waals surface area (Å²) in [5.74, 6) is -0.891. The van der Waals surface area contributed by atoms with E-state index in [1.165, 1.54) is 29.9 Å². The van der Waals surface area contributed by atoms with Gasteiger partial charge in [0.05, 0.1) is 5.41 Å². The summed E-state index contributed by atoms with van der Waals surface area (Å²) in [5.41, 5.74) is 4.47. The summed E-state index contributed by atoms with van der Waals surface area (Å²) in [6.07, 6.45) is 6.17. The fraction of sp³-hybridized carbons (Fsp3) is 0.553. The number of rotatable bonds is 11. The number of nitrogens with zero attached hydrogens (tertiary/aromatic N) is 7. The molecule has 2 fully saturated rings. The number of fused-ring (bicyclic) bond motifs is 2. The highest BCUT2D eigenvalue weighted by Crippen LogP contribution is 2.46. The van der Waals surface area contributed by atoms with Crippen LogP contribution in [0.15, 0.2) is 30.6 Å². The van der Waals surface area contributed by atoms with Crippen LogP contribution < -0.4 is 9.47 Å². The maximum absolute atomic E-state index is 13.6. The van der Waals surface area contributed by atoms with E-state index in [0.29, 0.717) is 48.3 Å². The highest BCUT2D eigenvalue weighted by atomic mass is 19.3. The average molecular weight is 704 g/mol. The number of aromatic nitrogens is 5. The first-order valence-corrected chi connectivity index (χ1v) is 17.9. The summed E-state index contributed by atoms with van der Waals surface area (Å²) >= 11 is 0. The molecule has 1 N–H and O–H groups in total. The fourth-order valence-corrected chi connectivity index (χ4v) is 7.66. The zero-order chi connectivity index (χ0) is 36.1. The van der Waals surface area contributed by atoms with E-state index < -0.39 is 29.6 Å². The van der Waals surface area contributed by atoms with E-state index in [1.54, 1.807) is 33.0 Å². The van der Waals surface area contributed by atoms with Crippen molar-refractivity contribution in [3.8, 4) is 11.8 Å². The number of halogens is 2. The lowest BCUT2D eigenvalue weighted by atomic mass is 9.71. The third kappa shape index (κ3) is 7.02. The van der Waals surface area contributed by atoms with Crippen molar-refractivity contribution in [2.75, 3.05) is 32.8 Å². The van der Waals surface area contributed by atoms with E-state index in [1.807, 2.05) is 19.9 Å². The second kappa shape index (κ2) is 13.7. The molecular formula is C38H47F2N7O4.